The van der Waals surface area contributed by atoms with Gasteiger partial charge in [0.25, 0.3) is 0 Å². The van der Waals surface area contributed by atoms with Gasteiger partial charge in [-0.15, -0.1) is 0 Å². The van der Waals surface area contributed by atoms with Gasteiger partial charge in [0.2, 0.25) is 0 Å². The van der Waals surface area contributed by atoms with Gasteiger partial charge in [-0.3, -0.25) is 0 Å². The fourth-order valence-corrected chi connectivity index (χ4v) is 3.08. The van der Waals surface area contributed by atoms with Crippen molar-refractivity contribution in [2.45, 2.75) is 24.6 Å². The molecule has 1 unspecified atom stereocenters. The minimum atomic E-state index is 0.611. The van der Waals surface area contributed by atoms with Crippen LogP contribution in [0.25, 0.3) is 0 Å². The Hall–Kier alpha value is -0.350. The van der Waals surface area contributed by atoms with Gasteiger partial charge in [0.1, 0.15) is 0 Å². The summed E-state index contributed by atoms with van der Waals surface area (Å²) in [6.07, 6.45) is 4.25. The first-order valence-corrected chi connectivity index (χ1v) is 6.11. The molecule has 0 amide bonds. The number of rotatable bonds is 3. The summed E-state index contributed by atoms with van der Waals surface area (Å²) in [4.78, 5) is 0. The molecule has 0 bridgehead atoms. The Morgan fingerprint density at radius 3 is 3.21 bits per heavy atom. The number of aromatic nitrogens is 2. The van der Waals surface area contributed by atoms with Gasteiger partial charge in [-0.05, 0) is 18.6 Å². The summed E-state index contributed by atoms with van der Waals surface area (Å²) in [6, 6.07) is 0. The summed E-state index contributed by atoms with van der Waals surface area (Å²) < 4.78 is 6.89. The van der Waals surface area contributed by atoms with Gasteiger partial charge in [-0.1, -0.05) is 11.6 Å². The smallest absolute Gasteiger partial charge is 0.175 e. The van der Waals surface area contributed by atoms with E-state index in [2.05, 4.69) is 5.10 Å². The van der Waals surface area contributed by atoms with E-state index in [-0.39, 0.29) is 0 Å². The molecule has 0 saturated carbocycles. The number of nitrogens with zero attached hydrogens (tertiary/aromatic N) is 2. The van der Waals surface area contributed by atoms with Gasteiger partial charge >= 0.3 is 0 Å². The lowest BCUT2D eigenvalue weighted by molar-refractivity contribution is 0.414. The molecule has 1 atom stereocenters. The van der Waals surface area contributed by atoms with E-state index in [4.69, 9.17) is 16.3 Å². The number of methoxy groups -OCH3 is 1. The lowest BCUT2D eigenvalue weighted by Gasteiger charge is -2.09. The summed E-state index contributed by atoms with van der Waals surface area (Å²) in [5.41, 5.74) is 0. The third-order valence-electron chi connectivity index (χ3n) is 2.36. The van der Waals surface area contributed by atoms with Gasteiger partial charge < -0.3 is 4.74 Å². The van der Waals surface area contributed by atoms with Crippen molar-refractivity contribution >= 4 is 23.4 Å². The van der Waals surface area contributed by atoms with Crippen LogP contribution in [0, 0.1) is 0 Å². The van der Waals surface area contributed by atoms with Crippen LogP contribution in [0.1, 0.15) is 12.8 Å². The Labute approximate surface area is 92.8 Å². The maximum Gasteiger partial charge on any atom is 0.175 e. The van der Waals surface area contributed by atoms with Crippen LogP contribution in [0.5, 0.6) is 5.75 Å². The summed E-state index contributed by atoms with van der Waals surface area (Å²) in [5, 5.41) is 5.47. The van der Waals surface area contributed by atoms with Crippen LogP contribution in [-0.2, 0) is 6.54 Å². The zero-order valence-corrected chi connectivity index (χ0v) is 9.64. The average molecular weight is 233 g/mol. The zero-order valence-electron chi connectivity index (χ0n) is 8.07. The molecule has 3 nitrogen and oxygen atoms in total. The fraction of sp³-hybridized carbons (Fsp3) is 0.667. The first-order chi connectivity index (χ1) is 6.81. The molecule has 0 N–H and O–H groups in total. The summed E-state index contributed by atoms with van der Waals surface area (Å²) >= 11 is 8.07. The van der Waals surface area contributed by atoms with Crippen LogP contribution >= 0.6 is 23.4 Å². The molecule has 1 saturated heterocycles. The molecule has 14 heavy (non-hydrogen) atoms. The largest absolute Gasteiger partial charge is 0.492 e. The SMILES string of the molecule is COc1cnn(CC2CCCS2)c1Cl. The Morgan fingerprint density at radius 1 is 1.79 bits per heavy atom. The highest BCUT2D eigenvalue weighted by Crippen LogP contribution is 2.30. The van der Waals surface area contributed by atoms with Crippen molar-refractivity contribution in [3.8, 4) is 5.75 Å². The van der Waals surface area contributed by atoms with E-state index in [1.807, 2.05) is 16.4 Å². The highest BCUT2D eigenvalue weighted by atomic mass is 35.5. The Balaban J connectivity index is 2.04. The third-order valence-corrected chi connectivity index (χ3v) is 4.13. The predicted octanol–water partition coefficient (Wildman–Crippen LogP) is 2.44. The summed E-state index contributed by atoms with van der Waals surface area (Å²) in [7, 11) is 1.61. The Bertz CT molecular complexity index is 310. The van der Waals surface area contributed by atoms with Crippen LogP contribution in [0.4, 0.5) is 0 Å². The van der Waals surface area contributed by atoms with Crippen molar-refractivity contribution in [3.05, 3.63) is 11.3 Å². The third kappa shape index (κ3) is 2.01. The van der Waals surface area contributed by atoms with Gasteiger partial charge in [-0.2, -0.15) is 16.9 Å². The highest BCUT2D eigenvalue weighted by molar-refractivity contribution is 8.00. The van der Waals surface area contributed by atoms with E-state index in [1.54, 1.807) is 13.3 Å². The Morgan fingerprint density at radius 2 is 2.64 bits per heavy atom. The molecule has 2 heterocycles. The van der Waals surface area contributed by atoms with E-state index in [1.165, 1.54) is 18.6 Å². The van der Waals surface area contributed by atoms with Crippen molar-refractivity contribution in [1.82, 2.24) is 9.78 Å². The first kappa shape index (κ1) is 10.2. The molecule has 1 aliphatic rings. The molecule has 0 radical (unpaired) electrons. The standard InChI is InChI=1S/C9H13ClN2OS/c1-13-8-5-11-12(9(8)10)6-7-3-2-4-14-7/h5,7H,2-4,6H2,1H3. The second-order valence-electron chi connectivity index (χ2n) is 3.32. The second-order valence-corrected chi connectivity index (χ2v) is 5.09. The molecule has 5 heteroatoms. The second kappa shape index (κ2) is 4.45. The molecule has 2 rings (SSSR count). The lowest BCUT2D eigenvalue weighted by atomic mass is 10.2. The molecule has 0 aromatic carbocycles. The monoisotopic (exact) mass is 232 g/mol. The molecular weight excluding hydrogens is 220 g/mol. The van der Waals surface area contributed by atoms with Crippen molar-refractivity contribution in [1.29, 1.82) is 0 Å². The molecule has 0 spiro atoms. The van der Waals surface area contributed by atoms with Crippen LogP contribution in [-0.4, -0.2) is 27.9 Å². The summed E-state index contributed by atoms with van der Waals surface area (Å²) in [5.74, 6) is 1.93. The van der Waals surface area contributed by atoms with Crippen LogP contribution < -0.4 is 4.74 Å². The van der Waals surface area contributed by atoms with Crippen molar-refractivity contribution < 1.29 is 4.74 Å². The molecule has 78 valence electrons. The maximum atomic E-state index is 6.07. The normalized spacial score (nSPS) is 21.4. The van der Waals surface area contributed by atoms with E-state index in [0.717, 1.165) is 6.54 Å². The van der Waals surface area contributed by atoms with Crippen LogP contribution in [0.3, 0.4) is 0 Å². The van der Waals surface area contributed by atoms with Gasteiger partial charge in [0.05, 0.1) is 19.9 Å². The maximum absolute atomic E-state index is 6.07. The Kier molecular flexibility index (Phi) is 3.23. The van der Waals surface area contributed by atoms with Gasteiger partial charge in [0, 0.05) is 5.25 Å². The zero-order chi connectivity index (χ0) is 9.97. The first-order valence-electron chi connectivity index (χ1n) is 4.68. The van der Waals surface area contributed by atoms with E-state index >= 15 is 0 Å². The van der Waals surface area contributed by atoms with E-state index in [0.29, 0.717) is 16.2 Å². The minimum absolute atomic E-state index is 0.611. The van der Waals surface area contributed by atoms with Gasteiger partial charge in [0.15, 0.2) is 10.9 Å². The number of thioether (sulfide) groups is 1. The average Bonchev–Trinajstić information content (AvgIpc) is 2.79. The number of hydrogen-bond donors (Lipinski definition) is 0. The molecular formula is C9H13ClN2OS. The highest BCUT2D eigenvalue weighted by Gasteiger charge is 2.18. The van der Waals surface area contributed by atoms with E-state index < -0.39 is 0 Å². The fourth-order valence-electron chi connectivity index (χ4n) is 1.60. The summed E-state index contributed by atoms with van der Waals surface area (Å²) in [6.45, 7) is 0.896. The number of ether oxygens (including phenoxy) is 1. The number of halogens is 1. The predicted molar refractivity (Wildman–Crippen MR) is 59.3 cm³/mol. The molecule has 1 aliphatic heterocycles. The minimum Gasteiger partial charge on any atom is -0.492 e. The number of hydrogen-bond acceptors (Lipinski definition) is 3. The topological polar surface area (TPSA) is 27.1 Å². The van der Waals surface area contributed by atoms with E-state index in [9.17, 15) is 0 Å². The molecule has 1 aromatic heterocycles. The molecule has 1 fully saturated rings. The van der Waals surface area contributed by atoms with Crippen molar-refractivity contribution in [2.75, 3.05) is 12.9 Å². The molecule has 1 aromatic rings. The lowest BCUT2D eigenvalue weighted by Crippen LogP contribution is -2.11. The van der Waals surface area contributed by atoms with Crippen molar-refractivity contribution in [3.63, 3.8) is 0 Å². The quantitative estimate of drug-likeness (QED) is 0.801. The molecule has 0 aliphatic carbocycles. The van der Waals surface area contributed by atoms with Crippen LogP contribution in [0.2, 0.25) is 5.15 Å². The van der Waals surface area contributed by atoms with Gasteiger partial charge in [-0.25, -0.2) is 4.68 Å². The van der Waals surface area contributed by atoms with Crippen molar-refractivity contribution in [2.24, 2.45) is 0 Å². The van der Waals surface area contributed by atoms with Crippen LogP contribution in [0.15, 0.2) is 6.20 Å².